The van der Waals surface area contributed by atoms with E-state index in [0.717, 1.165) is 5.56 Å². The van der Waals surface area contributed by atoms with Crippen LogP contribution in [0.4, 0.5) is 0 Å². The molecule has 8 nitrogen and oxygen atoms in total. The molecule has 1 N–H and O–H groups in total. The van der Waals surface area contributed by atoms with Gasteiger partial charge in [0.05, 0.1) is 20.3 Å². The number of esters is 1. The second-order valence-electron chi connectivity index (χ2n) is 6.04. The highest BCUT2D eigenvalue weighted by atomic mass is 16.7. The number of carbonyl (C=O) groups excluding carboxylic acids is 2. The van der Waals surface area contributed by atoms with Crippen molar-refractivity contribution >= 4 is 11.9 Å². The molecule has 1 unspecified atom stereocenters. The van der Waals surface area contributed by atoms with Crippen LogP contribution in [0.5, 0.6) is 23.0 Å². The third-order valence-electron chi connectivity index (χ3n) is 4.24. The molecule has 1 aliphatic heterocycles. The molecule has 1 heterocycles. The van der Waals surface area contributed by atoms with Crippen LogP contribution in [0.2, 0.25) is 0 Å². The van der Waals surface area contributed by atoms with Gasteiger partial charge in [-0.1, -0.05) is 6.07 Å². The molecule has 0 fully saturated rings. The molecule has 0 aromatic heterocycles. The van der Waals surface area contributed by atoms with Crippen molar-refractivity contribution in [2.24, 2.45) is 0 Å². The summed E-state index contributed by atoms with van der Waals surface area (Å²) in [6.45, 7) is 1.78. The first-order valence-electron chi connectivity index (χ1n) is 8.60. The number of fused-ring (bicyclic) bond motifs is 1. The van der Waals surface area contributed by atoms with E-state index in [1.54, 1.807) is 12.1 Å². The molecule has 8 heteroatoms. The van der Waals surface area contributed by atoms with E-state index in [0.29, 0.717) is 22.8 Å². The lowest BCUT2D eigenvalue weighted by atomic mass is 10.1. The Kier molecular flexibility index (Phi) is 5.88. The Labute approximate surface area is 162 Å². The first-order chi connectivity index (χ1) is 13.5. The highest BCUT2D eigenvalue weighted by Gasteiger charge is 2.18. The fraction of sp³-hybridized carbons (Fsp3) is 0.300. The molecule has 28 heavy (non-hydrogen) atoms. The van der Waals surface area contributed by atoms with Crippen molar-refractivity contribution in [2.75, 3.05) is 27.6 Å². The van der Waals surface area contributed by atoms with E-state index in [-0.39, 0.29) is 31.1 Å². The Morgan fingerprint density at radius 1 is 1.07 bits per heavy atom. The van der Waals surface area contributed by atoms with Crippen molar-refractivity contribution in [3.05, 3.63) is 47.5 Å². The zero-order valence-corrected chi connectivity index (χ0v) is 15.8. The average molecular weight is 387 g/mol. The summed E-state index contributed by atoms with van der Waals surface area (Å²) < 4.78 is 25.8. The van der Waals surface area contributed by atoms with Gasteiger partial charge in [-0.05, 0) is 42.8 Å². The maximum atomic E-state index is 12.7. The molecule has 1 atom stereocenters. The lowest BCUT2D eigenvalue weighted by Gasteiger charge is -2.16. The number of hydrogen-bond acceptors (Lipinski definition) is 7. The van der Waals surface area contributed by atoms with E-state index in [1.807, 2.05) is 25.1 Å². The number of methoxy groups -OCH3 is 2. The first kappa shape index (κ1) is 19.3. The molecule has 0 spiro atoms. The minimum atomic E-state index is -0.534. The molecular formula is C20H21NO7. The monoisotopic (exact) mass is 387 g/mol. The molecule has 3 rings (SSSR count). The van der Waals surface area contributed by atoms with Crippen molar-refractivity contribution in [3.8, 4) is 23.0 Å². The molecule has 148 valence electrons. The van der Waals surface area contributed by atoms with Crippen LogP contribution in [-0.2, 0) is 9.53 Å². The van der Waals surface area contributed by atoms with Gasteiger partial charge in [0.1, 0.15) is 0 Å². The second-order valence-corrected chi connectivity index (χ2v) is 6.04. The molecule has 0 saturated carbocycles. The highest BCUT2D eigenvalue weighted by Crippen LogP contribution is 2.34. The topological polar surface area (TPSA) is 92.3 Å². The Morgan fingerprint density at radius 2 is 1.86 bits per heavy atom. The summed E-state index contributed by atoms with van der Waals surface area (Å²) in [6.07, 6.45) is 0. The van der Waals surface area contributed by atoms with Crippen LogP contribution < -0.4 is 24.3 Å². The first-order valence-corrected chi connectivity index (χ1v) is 8.60. The lowest BCUT2D eigenvalue weighted by molar-refractivity contribution is -0.142. The van der Waals surface area contributed by atoms with E-state index in [9.17, 15) is 9.59 Å². The van der Waals surface area contributed by atoms with Crippen LogP contribution in [0.1, 0.15) is 28.9 Å². The number of rotatable bonds is 7. The number of carbonyl (C=O) groups is 2. The Hall–Kier alpha value is -3.42. The van der Waals surface area contributed by atoms with Crippen LogP contribution in [0.3, 0.4) is 0 Å². The number of benzene rings is 2. The van der Waals surface area contributed by atoms with Crippen molar-refractivity contribution in [1.82, 2.24) is 5.32 Å². The molecule has 1 aliphatic rings. The fourth-order valence-corrected chi connectivity index (χ4v) is 2.67. The Morgan fingerprint density at radius 3 is 2.61 bits per heavy atom. The second kappa shape index (κ2) is 8.51. The van der Waals surface area contributed by atoms with Crippen molar-refractivity contribution in [1.29, 1.82) is 0 Å². The minimum Gasteiger partial charge on any atom is -0.493 e. The number of ether oxygens (including phenoxy) is 5. The molecule has 0 saturated heterocycles. The van der Waals surface area contributed by atoms with Crippen LogP contribution >= 0.6 is 0 Å². The molecule has 2 aromatic carbocycles. The summed E-state index contributed by atoms with van der Waals surface area (Å²) >= 11 is 0. The maximum Gasteiger partial charge on any atom is 0.343 e. The van der Waals surface area contributed by atoms with Gasteiger partial charge in [0, 0.05) is 5.56 Å². The molecule has 2 aromatic rings. The van der Waals surface area contributed by atoms with E-state index in [4.69, 9.17) is 18.9 Å². The van der Waals surface area contributed by atoms with Gasteiger partial charge in [0.15, 0.2) is 29.6 Å². The number of amides is 1. The van der Waals surface area contributed by atoms with Gasteiger partial charge in [0.25, 0.3) is 5.91 Å². The summed E-state index contributed by atoms with van der Waals surface area (Å²) in [5.41, 5.74) is 1.25. The predicted molar refractivity (Wildman–Crippen MR) is 99.0 cm³/mol. The third kappa shape index (κ3) is 4.28. The minimum absolute atomic E-state index is 0.194. The van der Waals surface area contributed by atoms with Crippen LogP contribution in [-0.4, -0.2) is 39.5 Å². The van der Waals surface area contributed by atoms with Crippen LogP contribution in [0.25, 0.3) is 0 Å². The normalized spacial score (nSPS) is 12.8. The van der Waals surface area contributed by atoms with E-state index >= 15 is 0 Å². The SMILES string of the molecule is COC(=O)COc1cc(C(=O)NC(C)c2ccc3c(c2)OCO3)ccc1OC. The maximum absolute atomic E-state index is 12.7. The van der Waals surface area contributed by atoms with Crippen molar-refractivity contribution in [2.45, 2.75) is 13.0 Å². The predicted octanol–water partition coefficient (Wildman–Crippen LogP) is 2.47. The largest absolute Gasteiger partial charge is 0.493 e. The van der Waals surface area contributed by atoms with Crippen LogP contribution in [0.15, 0.2) is 36.4 Å². The zero-order valence-electron chi connectivity index (χ0n) is 15.8. The van der Waals surface area contributed by atoms with E-state index < -0.39 is 5.97 Å². The third-order valence-corrected chi connectivity index (χ3v) is 4.24. The van der Waals surface area contributed by atoms with Gasteiger partial charge < -0.3 is 29.0 Å². The smallest absolute Gasteiger partial charge is 0.343 e. The standard InChI is InChI=1S/C20H21NO7/c1-12(13-4-7-16-18(8-13)28-11-27-16)21-20(23)14-5-6-15(24-2)17(9-14)26-10-19(22)25-3/h4-9,12H,10-11H2,1-3H3,(H,21,23). The van der Waals surface area contributed by atoms with Gasteiger partial charge in [-0.2, -0.15) is 0 Å². The van der Waals surface area contributed by atoms with E-state index in [2.05, 4.69) is 10.1 Å². The summed E-state index contributed by atoms with van der Waals surface area (Å²) in [5.74, 6) is 1.19. The molecular weight excluding hydrogens is 366 g/mol. The van der Waals surface area contributed by atoms with Crippen LogP contribution in [0, 0.1) is 0 Å². The highest BCUT2D eigenvalue weighted by molar-refractivity contribution is 5.95. The number of nitrogens with one attached hydrogen (secondary N) is 1. The van der Waals surface area contributed by atoms with Gasteiger partial charge in [-0.3, -0.25) is 4.79 Å². The summed E-state index contributed by atoms with van der Waals surface area (Å²) in [5, 5.41) is 2.92. The quantitative estimate of drug-likeness (QED) is 0.730. The fourth-order valence-electron chi connectivity index (χ4n) is 2.67. The number of hydrogen-bond donors (Lipinski definition) is 1. The Balaban J connectivity index is 1.71. The van der Waals surface area contributed by atoms with E-state index in [1.165, 1.54) is 20.3 Å². The molecule has 0 bridgehead atoms. The van der Waals surface area contributed by atoms with Crippen molar-refractivity contribution in [3.63, 3.8) is 0 Å². The summed E-state index contributed by atoms with van der Waals surface area (Å²) in [6, 6.07) is 10.0. The summed E-state index contributed by atoms with van der Waals surface area (Å²) in [7, 11) is 2.74. The van der Waals surface area contributed by atoms with Gasteiger partial charge in [-0.15, -0.1) is 0 Å². The summed E-state index contributed by atoms with van der Waals surface area (Å²) in [4.78, 5) is 24.0. The van der Waals surface area contributed by atoms with Gasteiger partial charge in [-0.25, -0.2) is 4.79 Å². The molecule has 0 aliphatic carbocycles. The lowest BCUT2D eigenvalue weighted by Crippen LogP contribution is -2.26. The zero-order chi connectivity index (χ0) is 20.1. The van der Waals surface area contributed by atoms with Gasteiger partial charge >= 0.3 is 5.97 Å². The molecule has 0 radical (unpaired) electrons. The van der Waals surface area contributed by atoms with Crippen molar-refractivity contribution < 1.29 is 33.3 Å². The van der Waals surface area contributed by atoms with Gasteiger partial charge in [0.2, 0.25) is 6.79 Å². The molecule has 1 amide bonds. The average Bonchev–Trinajstić information content (AvgIpc) is 3.19. The Bertz CT molecular complexity index is 881.